The first-order chi connectivity index (χ1) is 26.8. The predicted octanol–water partition coefficient (Wildman–Crippen LogP) is 9.04. The van der Waals surface area contributed by atoms with Gasteiger partial charge in [0.1, 0.15) is 0 Å². The second kappa shape index (κ2) is 15.8. The number of hydrogen-bond donors (Lipinski definition) is 0. The standard InChI is InChI=1S/C30H35.C17H23.C9H10.2ClH.Zr/c1-18-12-19(2)28(20(3)13-18)26-15-22-14-21-10-11-23(29(4,5)6)16-24(21)25(22)17-27(26)30(7,8)9;1-11-3-4-14(5-11)17(2)15-7-12-6-13(9-15)10-16(17)8-12;1-3-9-6-4-8(2)5-7-9;;;/h10-17H,1-9H3;4-5,11-13,15-16H,6-10H2,1-2H3;4-7H,1-2H3;2*1H;/q;;;;;+2/p-2. The summed E-state index contributed by atoms with van der Waals surface area (Å²) in [4.78, 5) is 0. The van der Waals surface area contributed by atoms with Crippen molar-refractivity contribution in [2.45, 2.75) is 137 Å². The molecule has 4 saturated carbocycles. The first kappa shape index (κ1) is 44.7. The maximum absolute atomic E-state index is 2.87. The molecule has 0 saturated heterocycles. The minimum absolute atomic E-state index is 0. The quantitative estimate of drug-likeness (QED) is 0.188. The molecule has 4 aromatic carbocycles. The summed E-state index contributed by atoms with van der Waals surface area (Å²) in [5.74, 6) is 4.19. The molecule has 4 fully saturated rings. The van der Waals surface area contributed by atoms with Gasteiger partial charge in [0.15, 0.2) is 0 Å². The van der Waals surface area contributed by atoms with E-state index < -0.39 is 21.3 Å². The van der Waals surface area contributed by atoms with E-state index in [2.05, 4.69) is 169 Å². The van der Waals surface area contributed by atoms with Crippen LogP contribution in [0.25, 0.3) is 22.3 Å². The topological polar surface area (TPSA) is 0 Å². The molecule has 310 valence electrons. The zero-order valence-electron chi connectivity index (χ0n) is 38.3. The van der Waals surface area contributed by atoms with E-state index in [1.807, 2.05) is 3.28 Å². The zero-order valence-corrected chi connectivity index (χ0v) is 42.2. The van der Waals surface area contributed by atoms with E-state index in [0.717, 1.165) is 23.7 Å². The predicted molar refractivity (Wildman–Crippen MR) is 242 cm³/mol. The summed E-state index contributed by atoms with van der Waals surface area (Å²) in [6, 6.07) is 27.5. The maximum Gasteiger partial charge on any atom is -1.00 e. The van der Waals surface area contributed by atoms with Crippen molar-refractivity contribution < 1.29 is 46.1 Å². The van der Waals surface area contributed by atoms with E-state index in [-0.39, 0.29) is 35.6 Å². The molecule has 0 aromatic heterocycles. The molecule has 0 aliphatic heterocycles. The van der Waals surface area contributed by atoms with Crippen molar-refractivity contribution in [2.75, 3.05) is 0 Å². The summed E-state index contributed by atoms with van der Waals surface area (Å²) in [7, 11) is 0. The minimum atomic E-state index is -2.79. The van der Waals surface area contributed by atoms with Gasteiger partial charge in [0.25, 0.3) is 0 Å². The first-order valence-corrected chi connectivity index (χ1v) is 26.3. The fourth-order valence-corrected chi connectivity index (χ4v) is 22.1. The van der Waals surface area contributed by atoms with E-state index in [9.17, 15) is 0 Å². The van der Waals surface area contributed by atoms with Crippen LogP contribution in [0.3, 0.4) is 0 Å². The molecule has 0 nitrogen and oxygen atoms in total. The van der Waals surface area contributed by atoms with E-state index in [1.54, 1.807) is 19.9 Å². The SMILES string of the molecule is C/[C](c1ccc(C)cc1)=[Zr+2](/[C]1=CC(C2(C)C3CC4CC(C3)CC2C4)=CC1C)[CH]1c2ccc(C(C)(C)C)cc2-c2cc(C(C)(C)C)c(-c3c(C)cc(C)cc3C)cc21.[Cl-].[Cl-]. The molecule has 3 heteroatoms. The summed E-state index contributed by atoms with van der Waals surface area (Å²) in [5.41, 5.74) is 21.1. The Morgan fingerprint density at radius 2 is 1.22 bits per heavy atom. The number of allylic oxidation sites excluding steroid dienone is 4. The molecule has 0 heterocycles. The molecular weight excluding hydrogens is 835 g/mol. The Balaban J connectivity index is 0.00000264. The van der Waals surface area contributed by atoms with Crippen molar-refractivity contribution in [1.82, 2.24) is 0 Å². The Morgan fingerprint density at radius 1 is 0.644 bits per heavy atom. The fraction of sp³-hybridized carbons (Fsp3) is 0.482. The normalized spacial score (nSPS) is 26.7. The summed E-state index contributed by atoms with van der Waals surface area (Å²) in [6.07, 6.45) is 13.1. The van der Waals surface area contributed by atoms with Crippen LogP contribution >= 0.6 is 0 Å². The fourth-order valence-electron chi connectivity index (χ4n) is 13.1. The monoisotopic (exact) mass is 900 g/mol. The number of fused-ring (bicyclic) bond motifs is 3. The molecule has 0 radical (unpaired) electrons. The van der Waals surface area contributed by atoms with Crippen LogP contribution in [0.5, 0.6) is 0 Å². The molecule has 59 heavy (non-hydrogen) atoms. The molecule has 2 atom stereocenters. The van der Waals surface area contributed by atoms with E-state index >= 15 is 0 Å². The maximum atomic E-state index is 2.87. The van der Waals surface area contributed by atoms with Gasteiger partial charge in [-0.05, 0) is 0 Å². The van der Waals surface area contributed by atoms with E-state index in [4.69, 9.17) is 0 Å². The third-order valence-electron chi connectivity index (χ3n) is 16.0. The van der Waals surface area contributed by atoms with Gasteiger partial charge < -0.3 is 24.8 Å². The van der Waals surface area contributed by atoms with Gasteiger partial charge in [0, 0.05) is 0 Å². The smallest absolute Gasteiger partial charge is 1.00 e. The van der Waals surface area contributed by atoms with Crippen molar-refractivity contribution >= 4 is 3.21 Å². The Labute approximate surface area is 378 Å². The summed E-state index contributed by atoms with van der Waals surface area (Å²) in [5, 5.41) is 0. The van der Waals surface area contributed by atoms with Gasteiger partial charge in [0.2, 0.25) is 0 Å². The molecule has 4 bridgehead atoms. The average Bonchev–Trinajstić information content (AvgIpc) is 3.66. The van der Waals surface area contributed by atoms with Crippen LogP contribution in [-0.2, 0) is 32.1 Å². The number of benzene rings is 4. The molecular formula is C56H68Cl2Zr. The van der Waals surface area contributed by atoms with Crippen LogP contribution in [0.15, 0.2) is 87.7 Å². The third-order valence-corrected chi connectivity index (χ3v) is 24.6. The van der Waals surface area contributed by atoms with Gasteiger partial charge in [-0.3, -0.25) is 0 Å². The van der Waals surface area contributed by atoms with E-state index in [1.165, 1.54) is 93.3 Å². The molecule has 0 N–H and O–H groups in total. The average molecular weight is 903 g/mol. The van der Waals surface area contributed by atoms with Crippen molar-refractivity contribution in [3.05, 3.63) is 138 Å². The van der Waals surface area contributed by atoms with Crippen molar-refractivity contribution in [3.63, 3.8) is 0 Å². The third kappa shape index (κ3) is 7.46. The summed E-state index contributed by atoms with van der Waals surface area (Å²) >= 11 is -2.79. The molecule has 10 rings (SSSR count). The Morgan fingerprint density at radius 3 is 1.78 bits per heavy atom. The van der Waals surface area contributed by atoms with Gasteiger partial charge in [0.05, 0.1) is 0 Å². The number of halogens is 2. The van der Waals surface area contributed by atoms with Crippen LogP contribution in [0.1, 0.15) is 148 Å². The van der Waals surface area contributed by atoms with Gasteiger partial charge >= 0.3 is 356 Å². The van der Waals surface area contributed by atoms with Gasteiger partial charge in [-0.2, -0.15) is 0 Å². The second-order valence-corrected chi connectivity index (χ2v) is 28.7. The van der Waals surface area contributed by atoms with Crippen LogP contribution < -0.4 is 24.8 Å². The molecule has 2 unspecified atom stereocenters. The van der Waals surface area contributed by atoms with Crippen LogP contribution in [0.2, 0.25) is 0 Å². The van der Waals surface area contributed by atoms with Gasteiger partial charge in [-0.15, -0.1) is 0 Å². The molecule has 4 aromatic rings. The van der Waals surface area contributed by atoms with E-state index in [0.29, 0.717) is 15.0 Å². The molecule has 0 spiro atoms. The van der Waals surface area contributed by atoms with Crippen molar-refractivity contribution in [2.24, 2.45) is 35.0 Å². The number of hydrogen-bond acceptors (Lipinski definition) is 0. The summed E-state index contributed by atoms with van der Waals surface area (Å²) in [6.45, 7) is 31.5. The first-order valence-electron chi connectivity index (χ1n) is 22.5. The summed E-state index contributed by atoms with van der Waals surface area (Å²) < 4.78 is 3.95. The Hall–Kier alpha value is -2.31. The second-order valence-electron chi connectivity index (χ2n) is 22.0. The van der Waals surface area contributed by atoms with Gasteiger partial charge in [-0.1, -0.05) is 0 Å². The van der Waals surface area contributed by atoms with Gasteiger partial charge in [-0.25, -0.2) is 0 Å². The molecule has 6 aliphatic rings. The number of rotatable bonds is 5. The van der Waals surface area contributed by atoms with Crippen LogP contribution in [0.4, 0.5) is 0 Å². The van der Waals surface area contributed by atoms with Crippen LogP contribution in [0, 0.1) is 62.7 Å². The number of aryl methyl sites for hydroxylation is 4. The minimum Gasteiger partial charge on any atom is -1.00 e. The largest absolute Gasteiger partial charge is 1.00 e. The zero-order chi connectivity index (χ0) is 40.5. The Kier molecular flexibility index (Phi) is 12.0. The Bertz CT molecular complexity index is 2350. The molecule has 6 aliphatic carbocycles. The van der Waals surface area contributed by atoms with Crippen molar-refractivity contribution in [3.8, 4) is 22.3 Å². The molecule has 0 amide bonds. The van der Waals surface area contributed by atoms with Crippen molar-refractivity contribution in [1.29, 1.82) is 0 Å². The van der Waals surface area contributed by atoms with Crippen LogP contribution in [-0.4, -0.2) is 3.21 Å².